The molecule has 0 spiro atoms. The maximum Gasteiger partial charge on any atom is 0.122 e. The monoisotopic (exact) mass is 321 g/mol. The smallest absolute Gasteiger partial charge is 0.122 e. The van der Waals surface area contributed by atoms with Crippen molar-refractivity contribution in [3.63, 3.8) is 0 Å². The Morgan fingerprint density at radius 1 is 1.14 bits per heavy atom. The van der Waals surface area contributed by atoms with Gasteiger partial charge >= 0.3 is 0 Å². The van der Waals surface area contributed by atoms with Crippen molar-refractivity contribution in [3.05, 3.63) is 58.6 Å². The third-order valence-corrected chi connectivity index (χ3v) is 3.34. The van der Waals surface area contributed by atoms with E-state index in [1.54, 1.807) is 6.07 Å². The molecular formula is C16H16ClNO2S. The second kappa shape index (κ2) is 7.29. The number of halogens is 1. The maximum atomic E-state index is 5.90. The SMILES string of the molecule is Cc1cc(Cl)ccc1OCCOc1cccc(C(N)=S)c1. The summed E-state index contributed by atoms with van der Waals surface area (Å²) in [7, 11) is 0. The standard InChI is InChI=1S/C16H16ClNO2S/c1-11-9-13(17)5-6-15(11)20-8-7-19-14-4-2-3-12(10-14)16(18)21/h2-6,9-10H,7-8H2,1H3,(H2,18,21). The Balaban J connectivity index is 1.84. The second-order valence-corrected chi connectivity index (χ2v) is 5.38. The van der Waals surface area contributed by atoms with Gasteiger partial charge in [0.05, 0.1) is 0 Å². The van der Waals surface area contributed by atoms with Crippen LogP contribution in [0.3, 0.4) is 0 Å². The first kappa shape index (κ1) is 15.6. The van der Waals surface area contributed by atoms with E-state index in [-0.39, 0.29) is 0 Å². The number of nitrogens with two attached hydrogens (primary N) is 1. The molecule has 0 amide bonds. The number of hydrogen-bond donors (Lipinski definition) is 1. The summed E-state index contributed by atoms with van der Waals surface area (Å²) in [6, 6.07) is 12.9. The predicted octanol–water partition coefficient (Wildman–Crippen LogP) is 3.74. The van der Waals surface area contributed by atoms with E-state index < -0.39 is 0 Å². The van der Waals surface area contributed by atoms with E-state index in [4.69, 9.17) is 39.0 Å². The lowest BCUT2D eigenvalue weighted by molar-refractivity contribution is 0.216. The molecule has 5 heteroatoms. The highest BCUT2D eigenvalue weighted by atomic mass is 35.5. The lowest BCUT2D eigenvalue weighted by Crippen LogP contribution is -2.11. The zero-order chi connectivity index (χ0) is 15.2. The van der Waals surface area contributed by atoms with Crippen molar-refractivity contribution in [1.82, 2.24) is 0 Å². The molecule has 0 radical (unpaired) electrons. The summed E-state index contributed by atoms with van der Waals surface area (Å²) in [6.45, 7) is 2.83. The number of thiocarbonyl (C=S) groups is 1. The Kier molecular flexibility index (Phi) is 5.42. The minimum absolute atomic E-state index is 0.355. The lowest BCUT2D eigenvalue weighted by Gasteiger charge is -2.11. The van der Waals surface area contributed by atoms with Crippen molar-refractivity contribution in [2.24, 2.45) is 5.73 Å². The van der Waals surface area contributed by atoms with Gasteiger partial charge in [0, 0.05) is 10.6 Å². The Bertz CT molecular complexity index is 646. The summed E-state index contributed by atoms with van der Waals surface area (Å²) in [5.74, 6) is 1.52. The van der Waals surface area contributed by atoms with Crippen LogP contribution in [0.4, 0.5) is 0 Å². The van der Waals surface area contributed by atoms with Crippen LogP contribution in [0.5, 0.6) is 11.5 Å². The molecule has 110 valence electrons. The van der Waals surface area contributed by atoms with Crippen LogP contribution in [0.15, 0.2) is 42.5 Å². The van der Waals surface area contributed by atoms with Crippen molar-refractivity contribution in [1.29, 1.82) is 0 Å². The van der Waals surface area contributed by atoms with Crippen molar-refractivity contribution < 1.29 is 9.47 Å². The molecule has 2 aromatic carbocycles. The zero-order valence-electron chi connectivity index (χ0n) is 11.6. The van der Waals surface area contributed by atoms with Gasteiger partial charge in [-0.1, -0.05) is 36.0 Å². The van der Waals surface area contributed by atoms with Crippen LogP contribution >= 0.6 is 23.8 Å². The Hall–Kier alpha value is -1.78. The Labute approximate surface area is 134 Å². The van der Waals surface area contributed by atoms with Gasteiger partial charge in [-0.15, -0.1) is 0 Å². The minimum Gasteiger partial charge on any atom is -0.490 e. The molecule has 0 heterocycles. The topological polar surface area (TPSA) is 44.5 Å². The maximum absolute atomic E-state index is 5.90. The average Bonchev–Trinajstić information content (AvgIpc) is 2.45. The fraction of sp³-hybridized carbons (Fsp3) is 0.188. The molecule has 0 saturated heterocycles. The van der Waals surface area contributed by atoms with Crippen LogP contribution in [0.2, 0.25) is 5.02 Å². The van der Waals surface area contributed by atoms with Gasteiger partial charge < -0.3 is 15.2 Å². The molecule has 0 unspecified atom stereocenters. The van der Waals surface area contributed by atoms with E-state index in [1.807, 2.05) is 43.3 Å². The highest BCUT2D eigenvalue weighted by molar-refractivity contribution is 7.80. The molecule has 2 rings (SSSR count). The van der Waals surface area contributed by atoms with Crippen LogP contribution in [-0.4, -0.2) is 18.2 Å². The molecule has 0 aliphatic heterocycles. The van der Waals surface area contributed by atoms with Gasteiger partial charge in [-0.25, -0.2) is 0 Å². The highest BCUT2D eigenvalue weighted by Gasteiger charge is 2.02. The van der Waals surface area contributed by atoms with E-state index in [0.29, 0.717) is 23.2 Å². The number of ether oxygens (including phenoxy) is 2. The fourth-order valence-electron chi connectivity index (χ4n) is 1.83. The largest absolute Gasteiger partial charge is 0.490 e. The van der Waals surface area contributed by atoms with Crippen molar-refractivity contribution in [3.8, 4) is 11.5 Å². The summed E-state index contributed by atoms with van der Waals surface area (Å²) in [5.41, 5.74) is 7.37. The quantitative estimate of drug-likeness (QED) is 0.650. The van der Waals surface area contributed by atoms with Crippen molar-refractivity contribution in [2.45, 2.75) is 6.92 Å². The van der Waals surface area contributed by atoms with Gasteiger partial charge in [-0.05, 0) is 42.8 Å². The molecule has 0 aliphatic rings. The van der Waals surface area contributed by atoms with Gasteiger partial charge in [-0.3, -0.25) is 0 Å². The molecule has 2 aromatic rings. The summed E-state index contributed by atoms with van der Waals surface area (Å²) >= 11 is 10.8. The number of aryl methyl sites for hydroxylation is 1. The van der Waals surface area contributed by atoms with Gasteiger partial charge in [0.15, 0.2) is 0 Å². The van der Waals surface area contributed by atoms with E-state index in [9.17, 15) is 0 Å². The van der Waals surface area contributed by atoms with Gasteiger partial charge in [0.1, 0.15) is 29.7 Å². The Morgan fingerprint density at radius 2 is 1.90 bits per heavy atom. The zero-order valence-corrected chi connectivity index (χ0v) is 13.2. The van der Waals surface area contributed by atoms with Crippen LogP contribution in [0.25, 0.3) is 0 Å². The predicted molar refractivity (Wildman–Crippen MR) is 89.5 cm³/mol. The molecular weight excluding hydrogens is 306 g/mol. The molecule has 0 aromatic heterocycles. The summed E-state index contributed by atoms with van der Waals surface area (Å²) < 4.78 is 11.3. The second-order valence-electron chi connectivity index (χ2n) is 4.50. The van der Waals surface area contributed by atoms with Crippen LogP contribution < -0.4 is 15.2 Å². The molecule has 0 atom stereocenters. The first-order chi connectivity index (χ1) is 10.1. The average molecular weight is 322 g/mol. The summed E-state index contributed by atoms with van der Waals surface area (Å²) in [5, 5.41) is 0.700. The lowest BCUT2D eigenvalue weighted by atomic mass is 10.2. The molecule has 2 N–H and O–H groups in total. The van der Waals surface area contributed by atoms with Gasteiger partial charge in [-0.2, -0.15) is 0 Å². The molecule has 0 aliphatic carbocycles. The Morgan fingerprint density at radius 3 is 2.62 bits per heavy atom. The molecule has 0 bridgehead atoms. The summed E-state index contributed by atoms with van der Waals surface area (Å²) in [6.07, 6.45) is 0. The van der Waals surface area contributed by atoms with E-state index in [1.165, 1.54) is 0 Å². The van der Waals surface area contributed by atoms with Crippen molar-refractivity contribution in [2.75, 3.05) is 13.2 Å². The molecule has 0 saturated carbocycles. The number of rotatable bonds is 6. The van der Waals surface area contributed by atoms with E-state index >= 15 is 0 Å². The minimum atomic E-state index is 0.355. The first-order valence-electron chi connectivity index (χ1n) is 6.48. The normalized spacial score (nSPS) is 10.2. The van der Waals surface area contributed by atoms with Crippen LogP contribution in [0, 0.1) is 6.92 Å². The molecule has 0 fully saturated rings. The third kappa shape index (κ3) is 4.62. The highest BCUT2D eigenvalue weighted by Crippen LogP contribution is 2.21. The molecule has 21 heavy (non-hydrogen) atoms. The van der Waals surface area contributed by atoms with Crippen LogP contribution in [-0.2, 0) is 0 Å². The summed E-state index contributed by atoms with van der Waals surface area (Å²) in [4.78, 5) is 0.355. The van der Waals surface area contributed by atoms with E-state index in [2.05, 4.69) is 0 Å². The number of benzene rings is 2. The number of hydrogen-bond acceptors (Lipinski definition) is 3. The third-order valence-electron chi connectivity index (χ3n) is 2.87. The van der Waals surface area contributed by atoms with Gasteiger partial charge in [0.2, 0.25) is 0 Å². The molecule has 3 nitrogen and oxygen atoms in total. The van der Waals surface area contributed by atoms with Gasteiger partial charge in [0.25, 0.3) is 0 Å². The van der Waals surface area contributed by atoms with Crippen molar-refractivity contribution >= 4 is 28.8 Å². The first-order valence-corrected chi connectivity index (χ1v) is 7.26. The fourth-order valence-corrected chi connectivity index (χ4v) is 2.18. The van der Waals surface area contributed by atoms with Crippen LogP contribution in [0.1, 0.15) is 11.1 Å². The van der Waals surface area contributed by atoms with E-state index in [0.717, 1.165) is 22.6 Å².